The van der Waals surface area contributed by atoms with Gasteiger partial charge in [-0.3, -0.25) is 0 Å². The van der Waals surface area contributed by atoms with E-state index < -0.39 is 8.07 Å². The monoisotopic (exact) mass is 312 g/mol. The van der Waals surface area contributed by atoms with Gasteiger partial charge in [-0.25, -0.2) is 0 Å². The molecule has 0 rings (SSSR count). The van der Waals surface area contributed by atoms with Crippen molar-refractivity contribution in [3.63, 3.8) is 0 Å². The maximum Gasteiger partial charge on any atom is 0.145 e. The van der Waals surface area contributed by atoms with E-state index in [0.717, 1.165) is 0 Å². The SMILES string of the molecule is CC(C#C[Si](C(C)C)(C(C)C)C(C)C)CC(O)CCCO. The molecule has 0 saturated carbocycles. The molecule has 3 heteroatoms. The molecular weight excluding hydrogens is 276 g/mol. The highest BCUT2D eigenvalue weighted by Crippen LogP contribution is 2.40. The normalized spacial score (nSPS) is 15.2. The summed E-state index contributed by atoms with van der Waals surface area (Å²) < 4.78 is 0. The van der Waals surface area contributed by atoms with Crippen LogP contribution in [0.1, 0.15) is 67.7 Å². The summed E-state index contributed by atoms with van der Waals surface area (Å²) in [6.45, 7) is 16.2. The Morgan fingerprint density at radius 2 is 1.38 bits per heavy atom. The van der Waals surface area contributed by atoms with E-state index in [2.05, 4.69) is 59.9 Å². The number of aliphatic hydroxyl groups is 2. The van der Waals surface area contributed by atoms with Gasteiger partial charge in [0.15, 0.2) is 0 Å². The Bertz CT molecular complexity index is 317. The molecule has 0 heterocycles. The van der Waals surface area contributed by atoms with E-state index in [4.69, 9.17) is 5.11 Å². The lowest BCUT2D eigenvalue weighted by Gasteiger charge is -2.38. The molecule has 0 aromatic heterocycles. The number of aliphatic hydroxyl groups excluding tert-OH is 2. The van der Waals surface area contributed by atoms with Gasteiger partial charge in [-0.05, 0) is 35.9 Å². The molecule has 0 aromatic carbocycles. The topological polar surface area (TPSA) is 40.5 Å². The lowest BCUT2D eigenvalue weighted by Crippen LogP contribution is -2.43. The molecule has 2 atom stereocenters. The Balaban J connectivity index is 4.95. The van der Waals surface area contributed by atoms with Gasteiger partial charge in [0.05, 0.1) is 6.10 Å². The van der Waals surface area contributed by atoms with Gasteiger partial charge >= 0.3 is 0 Å². The van der Waals surface area contributed by atoms with E-state index in [1.165, 1.54) is 0 Å². The highest BCUT2D eigenvalue weighted by Gasteiger charge is 2.41. The van der Waals surface area contributed by atoms with Gasteiger partial charge in [0.25, 0.3) is 0 Å². The molecule has 0 aromatic rings. The molecular formula is C18H36O2Si. The Hall–Kier alpha value is -0.303. The van der Waals surface area contributed by atoms with E-state index in [1.807, 2.05) is 0 Å². The summed E-state index contributed by atoms with van der Waals surface area (Å²) in [6.07, 6.45) is 1.72. The minimum Gasteiger partial charge on any atom is -0.396 e. The van der Waals surface area contributed by atoms with Gasteiger partial charge in [-0.1, -0.05) is 48.5 Å². The first-order chi connectivity index (χ1) is 9.68. The lowest BCUT2D eigenvalue weighted by molar-refractivity contribution is 0.132. The largest absolute Gasteiger partial charge is 0.396 e. The maximum atomic E-state index is 9.94. The van der Waals surface area contributed by atoms with Gasteiger partial charge in [-0.15, -0.1) is 11.5 Å². The van der Waals surface area contributed by atoms with Crippen LogP contribution in [-0.4, -0.2) is 31.0 Å². The quantitative estimate of drug-likeness (QED) is 0.516. The molecule has 2 nitrogen and oxygen atoms in total. The summed E-state index contributed by atoms with van der Waals surface area (Å²) in [5.41, 5.74) is 5.67. The highest BCUT2D eigenvalue weighted by molar-refractivity contribution is 6.90. The number of rotatable bonds is 8. The van der Waals surface area contributed by atoms with Crippen molar-refractivity contribution in [2.24, 2.45) is 5.92 Å². The second-order valence-electron chi connectivity index (χ2n) is 7.32. The standard InChI is InChI=1S/C18H36O2Si/c1-14(2)21(15(3)4,16(5)6)12-10-17(7)13-18(20)9-8-11-19/h14-20H,8-9,11,13H2,1-7H3. The Labute approximate surface area is 133 Å². The van der Waals surface area contributed by atoms with Crippen LogP contribution >= 0.6 is 0 Å². The zero-order valence-corrected chi connectivity index (χ0v) is 16.1. The van der Waals surface area contributed by atoms with Crippen LogP contribution in [0, 0.1) is 17.4 Å². The molecule has 0 bridgehead atoms. The van der Waals surface area contributed by atoms with Gasteiger partial charge in [0.2, 0.25) is 0 Å². The molecule has 0 aliphatic heterocycles. The van der Waals surface area contributed by atoms with Crippen LogP contribution in [0.4, 0.5) is 0 Å². The van der Waals surface area contributed by atoms with Crippen molar-refractivity contribution in [1.29, 1.82) is 0 Å². The van der Waals surface area contributed by atoms with Crippen LogP contribution in [0.25, 0.3) is 0 Å². The van der Waals surface area contributed by atoms with Crippen LogP contribution in [0.2, 0.25) is 16.6 Å². The van der Waals surface area contributed by atoms with Crippen LogP contribution in [0.5, 0.6) is 0 Å². The van der Waals surface area contributed by atoms with Crippen LogP contribution in [0.3, 0.4) is 0 Å². The predicted octanol–water partition coefficient (Wildman–Crippen LogP) is 4.37. The third-order valence-electron chi connectivity index (χ3n) is 4.72. The van der Waals surface area contributed by atoms with E-state index in [1.54, 1.807) is 0 Å². The second kappa shape index (κ2) is 9.66. The zero-order chi connectivity index (χ0) is 16.6. The Kier molecular flexibility index (Phi) is 9.52. The molecule has 0 aliphatic rings. The van der Waals surface area contributed by atoms with Gasteiger partial charge in [-0.2, -0.15) is 0 Å². The fourth-order valence-electron chi connectivity index (χ4n) is 3.59. The van der Waals surface area contributed by atoms with Crippen molar-refractivity contribution in [3.8, 4) is 11.5 Å². The smallest absolute Gasteiger partial charge is 0.145 e. The van der Waals surface area contributed by atoms with Crippen molar-refractivity contribution in [2.75, 3.05) is 6.61 Å². The summed E-state index contributed by atoms with van der Waals surface area (Å²) in [6, 6.07) is 0. The van der Waals surface area contributed by atoms with Crippen molar-refractivity contribution in [1.82, 2.24) is 0 Å². The first kappa shape index (κ1) is 20.7. The summed E-state index contributed by atoms with van der Waals surface area (Å²) in [4.78, 5) is 0. The molecule has 0 aliphatic carbocycles. The summed E-state index contributed by atoms with van der Waals surface area (Å²) >= 11 is 0. The molecule has 2 unspecified atom stereocenters. The zero-order valence-electron chi connectivity index (χ0n) is 15.1. The van der Waals surface area contributed by atoms with Gasteiger partial charge < -0.3 is 10.2 Å². The van der Waals surface area contributed by atoms with Crippen LogP contribution < -0.4 is 0 Å². The molecule has 124 valence electrons. The van der Waals surface area contributed by atoms with E-state index in [-0.39, 0.29) is 18.6 Å². The number of hydrogen-bond acceptors (Lipinski definition) is 2. The molecule has 0 amide bonds. The molecule has 0 radical (unpaired) electrons. The first-order valence-electron chi connectivity index (χ1n) is 8.50. The number of hydrogen-bond donors (Lipinski definition) is 2. The van der Waals surface area contributed by atoms with Crippen molar-refractivity contribution in [3.05, 3.63) is 0 Å². The summed E-state index contributed by atoms with van der Waals surface area (Å²) in [5, 5.41) is 18.7. The molecule has 21 heavy (non-hydrogen) atoms. The average molecular weight is 313 g/mol. The third-order valence-corrected chi connectivity index (χ3v) is 11.0. The highest BCUT2D eigenvalue weighted by atomic mass is 28.3. The van der Waals surface area contributed by atoms with E-state index in [9.17, 15) is 5.11 Å². The first-order valence-corrected chi connectivity index (χ1v) is 10.7. The molecule has 0 fully saturated rings. The van der Waals surface area contributed by atoms with Crippen LogP contribution in [0.15, 0.2) is 0 Å². The molecule has 2 N–H and O–H groups in total. The van der Waals surface area contributed by atoms with Crippen molar-refractivity contribution in [2.45, 2.75) is 90.5 Å². The van der Waals surface area contributed by atoms with Crippen molar-refractivity contribution < 1.29 is 10.2 Å². The fraction of sp³-hybridized carbons (Fsp3) is 0.889. The average Bonchev–Trinajstić information content (AvgIpc) is 2.35. The molecule has 0 saturated heterocycles. The third kappa shape index (κ3) is 6.14. The van der Waals surface area contributed by atoms with Gasteiger partial charge in [0, 0.05) is 12.5 Å². The maximum absolute atomic E-state index is 9.94. The minimum atomic E-state index is -1.65. The Morgan fingerprint density at radius 1 is 0.905 bits per heavy atom. The van der Waals surface area contributed by atoms with E-state index >= 15 is 0 Å². The minimum absolute atomic E-state index is 0.154. The predicted molar refractivity (Wildman–Crippen MR) is 94.9 cm³/mol. The fourth-order valence-corrected chi connectivity index (χ4v) is 8.96. The van der Waals surface area contributed by atoms with Crippen molar-refractivity contribution >= 4 is 8.07 Å². The van der Waals surface area contributed by atoms with E-state index in [0.29, 0.717) is 35.9 Å². The Morgan fingerprint density at radius 3 is 1.76 bits per heavy atom. The summed E-state index contributed by atoms with van der Waals surface area (Å²) in [7, 11) is -1.65. The second-order valence-corrected chi connectivity index (χ2v) is 12.9. The van der Waals surface area contributed by atoms with Gasteiger partial charge in [0.1, 0.15) is 8.07 Å². The lowest BCUT2D eigenvalue weighted by atomic mass is 10.0. The summed E-state index contributed by atoms with van der Waals surface area (Å²) in [5.74, 6) is 3.69. The van der Waals surface area contributed by atoms with Crippen LogP contribution in [-0.2, 0) is 0 Å². The molecule has 0 spiro atoms.